The third-order valence-corrected chi connectivity index (χ3v) is 10.6. The Morgan fingerprint density at radius 2 is 1.00 bits per heavy atom. The van der Waals surface area contributed by atoms with Crippen LogP contribution < -0.4 is 18.9 Å². The summed E-state index contributed by atoms with van der Waals surface area (Å²) in [5.74, 6) is -1.48. The van der Waals surface area contributed by atoms with E-state index in [1.165, 1.54) is 33.0 Å². The SMILES string of the molecule is CCOC(=O)[C@@H]1C[C@H](C(C)=O)[C@H](c2ccc(OC)c(OCCCOC)c2)N1C(=O)OC(C)(C)C.COCCCOc1cc([C@H]2[C@H](C(C)=O)C[C@@H](C(=O)O)N2C(=O)OC(C)(C)C)ccc1OC. The van der Waals surface area contributed by atoms with Gasteiger partial charge in [-0.1, -0.05) is 12.1 Å². The maximum atomic E-state index is 13.3. The summed E-state index contributed by atoms with van der Waals surface area (Å²) >= 11 is 0. The van der Waals surface area contributed by atoms with Crippen molar-refractivity contribution in [2.24, 2.45) is 11.8 Å². The highest BCUT2D eigenvalue weighted by Crippen LogP contribution is 2.46. The number of aliphatic carboxylic acids is 1. The standard InChI is InChI=1S/C25H37NO8.C23H33NO8/c1-8-32-23(28)19-15-18(16(2)27)22(26(19)24(29)34-25(3,4)5)17-10-11-20(31-7)21(14-17)33-13-9-12-30-6;1-14(25)16-13-17(21(26)27)24(22(28)32-23(2,3)4)20(16)15-8-9-18(30-6)19(12-15)31-11-7-10-29-5/h10-11,14,18-19,22H,8-9,12-13,15H2,1-7H3;8-9,12,16-17,20H,7,10-11,13H2,1-6H3,(H,26,27)/t18-,19+,22+;16-,17-,20-/m10/s1. The van der Waals surface area contributed by atoms with E-state index in [0.29, 0.717) is 73.4 Å². The molecule has 0 bridgehead atoms. The molecule has 0 aliphatic carbocycles. The Morgan fingerprint density at radius 1 is 0.606 bits per heavy atom. The van der Waals surface area contributed by atoms with Gasteiger partial charge < -0.3 is 47.7 Å². The van der Waals surface area contributed by atoms with E-state index < -0.39 is 71.3 Å². The van der Waals surface area contributed by atoms with Crippen molar-refractivity contribution >= 4 is 35.7 Å². The third-order valence-electron chi connectivity index (χ3n) is 10.6. The number of esters is 1. The summed E-state index contributed by atoms with van der Waals surface area (Å²) in [6.07, 6.45) is 0.0285. The van der Waals surface area contributed by atoms with Gasteiger partial charge in [-0.25, -0.2) is 19.2 Å². The maximum absolute atomic E-state index is 13.3. The van der Waals surface area contributed by atoms with Gasteiger partial charge in [0.25, 0.3) is 0 Å². The van der Waals surface area contributed by atoms with Gasteiger partial charge in [-0.05, 0) is 111 Å². The second-order valence-corrected chi connectivity index (χ2v) is 17.9. The van der Waals surface area contributed by atoms with E-state index in [-0.39, 0.29) is 31.0 Å². The zero-order valence-corrected chi connectivity index (χ0v) is 40.8. The summed E-state index contributed by atoms with van der Waals surface area (Å²) in [6, 6.07) is 6.66. The molecule has 2 saturated heterocycles. The summed E-state index contributed by atoms with van der Waals surface area (Å²) < 4.78 is 49.0. The van der Waals surface area contributed by atoms with Crippen LogP contribution in [0.15, 0.2) is 36.4 Å². The number of nitrogens with zero attached hydrogens (tertiary/aromatic N) is 2. The molecular weight excluding hydrogens is 861 g/mol. The highest BCUT2D eigenvalue weighted by atomic mass is 16.6. The van der Waals surface area contributed by atoms with Gasteiger partial charge in [0.1, 0.15) is 34.9 Å². The number of ketones is 2. The summed E-state index contributed by atoms with van der Waals surface area (Å²) in [6.45, 7) is 16.9. The van der Waals surface area contributed by atoms with Gasteiger partial charge in [-0.15, -0.1) is 0 Å². The molecule has 66 heavy (non-hydrogen) atoms. The number of hydrogen-bond donors (Lipinski definition) is 1. The number of Topliss-reactive ketones (excluding diaryl/α,β-unsaturated/α-hetero) is 2. The fourth-order valence-corrected chi connectivity index (χ4v) is 7.83. The molecule has 368 valence electrons. The van der Waals surface area contributed by atoms with Crippen molar-refractivity contribution < 1.29 is 76.5 Å². The van der Waals surface area contributed by atoms with Crippen molar-refractivity contribution in [1.82, 2.24) is 9.80 Å². The number of rotatable bonds is 19. The third kappa shape index (κ3) is 15.0. The van der Waals surface area contributed by atoms with E-state index >= 15 is 0 Å². The summed E-state index contributed by atoms with van der Waals surface area (Å²) in [4.78, 5) is 78.7. The normalized spacial score (nSPS) is 20.4. The molecule has 2 aliphatic rings. The molecule has 1 N–H and O–H groups in total. The maximum Gasteiger partial charge on any atom is 0.411 e. The molecular formula is C48H70N2O16. The van der Waals surface area contributed by atoms with Crippen LogP contribution in [0.4, 0.5) is 9.59 Å². The number of methoxy groups -OCH3 is 4. The molecule has 2 aliphatic heterocycles. The molecule has 2 amide bonds. The van der Waals surface area contributed by atoms with Crippen molar-refractivity contribution in [2.45, 2.75) is 123 Å². The van der Waals surface area contributed by atoms with Crippen LogP contribution in [0.5, 0.6) is 23.0 Å². The number of amides is 2. The number of carbonyl (C=O) groups excluding carboxylic acids is 5. The second kappa shape index (κ2) is 24.8. The van der Waals surface area contributed by atoms with Crippen LogP contribution in [0.25, 0.3) is 0 Å². The summed E-state index contributed by atoms with van der Waals surface area (Å²) in [5, 5.41) is 9.78. The van der Waals surface area contributed by atoms with Crippen molar-refractivity contribution in [1.29, 1.82) is 0 Å². The Labute approximate surface area is 388 Å². The van der Waals surface area contributed by atoms with Gasteiger partial charge in [0.15, 0.2) is 23.0 Å². The van der Waals surface area contributed by atoms with Crippen LogP contribution in [0.2, 0.25) is 0 Å². The monoisotopic (exact) mass is 930 g/mol. The highest BCUT2D eigenvalue weighted by Gasteiger charge is 2.52. The Morgan fingerprint density at radius 3 is 1.33 bits per heavy atom. The smallest absolute Gasteiger partial charge is 0.411 e. The highest BCUT2D eigenvalue weighted by molar-refractivity contribution is 5.88. The average Bonchev–Trinajstić information content (AvgIpc) is 3.85. The Bertz CT molecular complexity index is 1970. The summed E-state index contributed by atoms with van der Waals surface area (Å²) in [7, 11) is 6.27. The molecule has 18 heteroatoms. The van der Waals surface area contributed by atoms with Crippen LogP contribution in [0, 0.1) is 11.8 Å². The van der Waals surface area contributed by atoms with E-state index in [9.17, 15) is 33.9 Å². The average molecular weight is 931 g/mol. The second-order valence-electron chi connectivity index (χ2n) is 17.9. The number of ether oxygens (including phenoxy) is 9. The molecule has 0 aromatic heterocycles. The van der Waals surface area contributed by atoms with Gasteiger partial charge in [0.05, 0.1) is 46.1 Å². The lowest BCUT2D eigenvalue weighted by molar-refractivity contribution is -0.148. The van der Waals surface area contributed by atoms with Gasteiger partial charge in [-0.2, -0.15) is 0 Å². The van der Waals surface area contributed by atoms with Crippen molar-refractivity contribution in [3.05, 3.63) is 47.5 Å². The first-order chi connectivity index (χ1) is 31.0. The molecule has 2 aromatic rings. The molecule has 2 heterocycles. The first kappa shape index (κ1) is 54.7. The van der Waals surface area contributed by atoms with Crippen LogP contribution in [0.3, 0.4) is 0 Å². The van der Waals surface area contributed by atoms with Crippen LogP contribution in [0.1, 0.15) is 111 Å². The largest absolute Gasteiger partial charge is 0.493 e. The van der Waals surface area contributed by atoms with E-state index in [1.54, 1.807) is 99.1 Å². The lowest BCUT2D eigenvalue weighted by atomic mass is 9.90. The molecule has 0 saturated carbocycles. The van der Waals surface area contributed by atoms with Crippen LogP contribution in [-0.4, -0.2) is 135 Å². The molecule has 0 radical (unpaired) electrons. The number of carbonyl (C=O) groups is 6. The summed E-state index contributed by atoms with van der Waals surface area (Å²) in [5.41, 5.74) is -0.401. The fourth-order valence-electron chi connectivity index (χ4n) is 7.83. The molecule has 2 fully saturated rings. The van der Waals surface area contributed by atoms with E-state index in [0.717, 1.165) is 4.90 Å². The van der Waals surface area contributed by atoms with Crippen LogP contribution >= 0.6 is 0 Å². The fraction of sp³-hybridized carbons (Fsp3) is 0.625. The van der Waals surface area contributed by atoms with Crippen molar-refractivity contribution in [3.63, 3.8) is 0 Å². The molecule has 0 unspecified atom stereocenters. The number of hydrogen-bond acceptors (Lipinski definition) is 15. The number of carboxylic acid groups (broad SMARTS) is 1. The van der Waals surface area contributed by atoms with Gasteiger partial charge in [0.2, 0.25) is 0 Å². The lowest BCUT2D eigenvalue weighted by Gasteiger charge is -2.33. The Hall–Kier alpha value is -5.62. The number of benzene rings is 2. The molecule has 0 spiro atoms. The van der Waals surface area contributed by atoms with Crippen LogP contribution in [-0.2, 0) is 42.9 Å². The predicted molar refractivity (Wildman–Crippen MR) is 241 cm³/mol. The van der Waals surface area contributed by atoms with E-state index in [2.05, 4.69) is 0 Å². The minimum atomic E-state index is -1.19. The zero-order chi connectivity index (χ0) is 49.5. The molecule has 6 atom stereocenters. The topological polar surface area (TPSA) is 212 Å². The number of likely N-dealkylation sites (tertiary alicyclic amines) is 2. The molecule has 4 rings (SSSR count). The Balaban J connectivity index is 0.000000351. The zero-order valence-electron chi connectivity index (χ0n) is 40.8. The van der Waals surface area contributed by atoms with E-state index in [1.807, 2.05) is 0 Å². The quantitative estimate of drug-likeness (QED) is 0.0827. The van der Waals surface area contributed by atoms with Crippen molar-refractivity contribution in [2.75, 3.05) is 61.5 Å². The number of carboxylic acids is 1. The molecule has 2 aromatic carbocycles. The minimum Gasteiger partial charge on any atom is -0.493 e. The minimum absolute atomic E-state index is 0.00460. The van der Waals surface area contributed by atoms with Gasteiger partial charge in [-0.3, -0.25) is 19.4 Å². The first-order valence-electron chi connectivity index (χ1n) is 22.1. The Kier molecular flexibility index (Phi) is 20.5. The van der Waals surface area contributed by atoms with Gasteiger partial charge in [0, 0.05) is 52.1 Å². The van der Waals surface area contributed by atoms with Crippen molar-refractivity contribution in [3.8, 4) is 23.0 Å². The lowest BCUT2D eigenvalue weighted by Crippen LogP contribution is -2.45. The predicted octanol–water partition coefficient (Wildman–Crippen LogP) is 7.38. The van der Waals surface area contributed by atoms with E-state index in [4.69, 9.17) is 42.6 Å². The van der Waals surface area contributed by atoms with Gasteiger partial charge >= 0.3 is 24.1 Å². The molecule has 18 nitrogen and oxygen atoms in total. The first-order valence-corrected chi connectivity index (χ1v) is 22.1.